The van der Waals surface area contributed by atoms with Crippen molar-refractivity contribution in [3.05, 3.63) is 47.5 Å². The number of carbonyl (C=O) groups excluding carboxylic acids is 1. The summed E-state index contributed by atoms with van der Waals surface area (Å²) in [7, 11) is 0. The van der Waals surface area contributed by atoms with Crippen LogP contribution < -0.4 is 0 Å². The molecule has 1 N–H and O–H groups in total. The van der Waals surface area contributed by atoms with E-state index in [1.807, 2.05) is 12.1 Å². The summed E-state index contributed by atoms with van der Waals surface area (Å²) in [6.45, 7) is 0.402. The Kier molecular flexibility index (Phi) is 3.06. The summed E-state index contributed by atoms with van der Waals surface area (Å²) in [5, 5.41) is 7.89. The molecule has 3 nitrogen and oxygen atoms in total. The lowest BCUT2D eigenvalue weighted by atomic mass is 10.1. The lowest BCUT2D eigenvalue weighted by Gasteiger charge is -2.12. The smallest absolute Gasteiger partial charge is 0.260 e. The minimum atomic E-state index is -0.111. The van der Waals surface area contributed by atoms with E-state index in [0.29, 0.717) is 23.6 Å². The molecule has 1 aliphatic heterocycles. The van der Waals surface area contributed by atoms with E-state index in [-0.39, 0.29) is 11.7 Å². The van der Waals surface area contributed by atoms with E-state index in [1.165, 1.54) is 4.90 Å². The number of amides is 1. The number of rotatable bonds is 3. The molecule has 16 heavy (non-hydrogen) atoms. The molecule has 0 atom stereocenters. The van der Waals surface area contributed by atoms with Crippen LogP contribution in [0.3, 0.4) is 0 Å². The highest BCUT2D eigenvalue weighted by Gasteiger charge is 2.30. The number of hydrogen-bond acceptors (Lipinski definition) is 2. The fourth-order valence-electron chi connectivity index (χ4n) is 1.69. The van der Waals surface area contributed by atoms with E-state index < -0.39 is 0 Å². The van der Waals surface area contributed by atoms with Gasteiger partial charge in [-0.25, -0.2) is 0 Å². The number of fused-ring (bicyclic) bond motifs is 1. The van der Waals surface area contributed by atoms with Crippen molar-refractivity contribution in [3.8, 4) is 0 Å². The van der Waals surface area contributed by atoms with Gasteiger partial charge < -0.3 is 0 Å². The summed E-state index contributed by atoms with van der Waals surface area (Å²) in [6, 6.07) is 7.18. The van der Waals surface area contributed by atoms with Crippen LogP contribution in [0, 0.1) is 5.41 Å². The monoisotopic (exact) mass is 234 g/mol. The van der Waals surface area contributed by atoms with Crippen LogP contribution in [0.1, 0.15) is 15.9 Å². The molecule has 1 amide bonds. The second-order valence-electron chi connectivity index (χ2n) is 3.44. The Morgan fingerprint density at radius 3 is 2.56 bits per heavy atom. The number of nitrogens with zero attached hydrogens (tertiary/aromatic N) is 1. The van der Waals surface area contributed by atoms with Gasteiger partial charge >= 0.3 is 0 Å². The maximum Gasteiger partial charge on any atom is 0.260 e. The van der Waals surface area contributed by atoms with E-state index in [2.05, 4.69) is 0 Å². The predicted octanol–water partition coefficient (Wildman–Crippen LogP) is 2.26. The third-order valence-corrected chi connectivity index (χ3v) is 2.65. The maximum absolute atomic E-state index is 11.9. The second-order valence-corrected chi connectivity index (χ2v) is 3.74. The summed E-state index contributed by atoms with van der Waals surface area (Å²) in [5.41, 5.74) is 1.30. The Hall–Kier alpha value is -1.61. The highest BCUT2D eigenvalue weighted by Crippen LogP contribution is 2.21. The van der Waals surface area contributed by atoms with Gasteiger partial charge in [0.15, 0.2) is 0 Å². The van der Waals surface area contributed by atoms with Crippen molar-refractivity contribution >= 4 is 23.3 Å². The van der Waals surface area contributed by atoms with E-state index in [9.17, 15) is 4.79 Å². The Labute approximate surface area is 98.8 Å². The van der Waals surface area contributed by atoms with Crippen molar-refractivity contribution in [1.29, 1.82) is 5.41 Å². The Morgan fingerprint density at radius 1 is 1.25 bits per heavy atom. The lowest BCUT2D eigenvalue weighted by Crippen LogP contribution is -2.29. The van der Waals surface area contributed by atoms with Crippen LogP contribution in [-0.2, 0) is 0 Å². The first kappa shape index (κ1) is 10.9. The van der Waals surface area contributed by atoms with Crippen LogP contribution in [0.2, 0.25) is 0 Å². The van der Waals surface area contributed by atoms with Gasteiger partial charge in [-0.1, -0.05) is 30.4 Å². The minimum Gasteiger partial charge on any atom is -0.289 e. The number of amidine groups is 1. The van der Waals surface area contributed by atoms with Gasteiger partial charge in [-0.3, -0.25) is 15.1 Å². The van der Waals surface area contributed by atoms with E-state index in [1.54, 1.807) is 24.3 Å². The largest absolute Gasteiger partial charge is 0.289 e. The lowest BCUT2D eigenvalue weighted by molar-refractivity contribution is 0.0870. The van der Waals surface area contributed by atoms with E-state index in [0.717, 1.165) is 0 Å². The molecular weight excluding hydrogens is 224 g/mol. The standard InChI is InChI=1S/C12H11ClN2O/c13-7-3-4-8-15-11(14)9-5-1-2-6-10(9)12(15)16/h1-6,14H,7-8H2/b4-3+,14-11?. The van der Waals surface area contributed by atoms with Gasteiger partial charge in [-0.15, -0.1) is 11.6 Å². The molecule has 0 unspecified atom stereocenters. The van der Waals surface area contributed by atoms with Crippen molar-refractivity contribution in [2.75, 3.05) is 12.4 Å². The average molecular weight is 235 g/mol. The second kappa shape index (κ2) is 4.49. The summed E-state index contributed by atoms with van der Waals surface area (Å²) < 4.78 is 0. The van der Waals surface area contributed by atoms with Crippen LogP contribution in [0.4, 0.5) is 0 Å². The predicted molar refractivity (Wildman–Crippen MR) is 64.2 cm³/mol. The first-order valence-corrected chi connectivity index (χ1v) is 5.50. The molecule has 1 aromatic carbocycles. The normalized spacial score (nSPS) is 14.9. The van der Waals surface area contributed by atoms with Crippen molar-refractivity contribution in [1.82, 2.24) is 4.90 Å². The first-order valence-electron chi connectivity index (χ1n) is 4.96. The summed E-state index contributed by atoms with van der Waals surface area (Å²) in [5.74, 6) is 0.571. The van der Waals surface area contributed by atoms with Crippen LogP contribution >= 0.6 is 11.6 Å². The highest BCUT2D eigenvalue weighted by molar-refractivity contribution is 6.22. The molecule has 0 radical (unpaired) electrons. The molecule has 0 saturated carbocycles. The number of hydrogen-bond donors (Lipinski definition) is 1. The zero-order valence-corrected chi connectivity index (χ0v) is 9.37. The highest BCUT2D eigenvalue weighted by atomic mass is 35.5. The molecule has 0 spiro atoms. The number of halogens is 1. The maximum atomic E-state index is 11.9. The number of nitrogens with one attached hydrogen (secondary N) is 1. The molecule has 1 heterocycles. The molecule has 0 aromatic heterocycles. The zero-order chi connectivity index (χ0) is 11.5. The van der Waals surface area contributed by atoms with Crippen molar-refractivity contribution in [2.24, 2.45) is 0 Å². The Balaban J connectivity index is 2.25. The first-order chi connectivity index (χ1) is 7.75. The van der Waals surface area contributed by atoms with Gasteiger partial charge in [0.1, 0.15) is 5.84 Å². The molecule has 2 rings (SSSR count). The van der Waals surface area contributed by atoms with Gasteiger partial charge in [0.2, 0.25) is 0 Å². The quantitative estimate of drug-likeness (QED) is 0.633. The van der Waals surface area contributed by atoms with Crippen LogP contribution in [0.25, 0.3) is 0 Å². The molecule has 0 saturated heterocycles. The van der Waals surface area contributed by atoms with Crippen LogP contribution in [-0.4, -0.2) is 29.1 Å². The topological polar surface area (TPSA) is 44.2 Å². The van der Waals surface area contributed by atoms with Gasteiger partial charge in [-0.2, -0.15) is 0 Å². The third-order valence-electron chi connectivity index (χ3n) is 2.47. The fraction of sp³-hybridized carbons (Fsp3) is 0.167. The van der Waals surface area contributed by atoms with Gasteiger partial charge in [0, 0.05) is 18.0 Å². The molecule has 4 heteroatoms. The summed E-state index contributed by atoms with van der Waals surface area (Å²) >= 11 is 5.50. The summed E-state index contributed by atoms with van der Waals surface area (Å²) in [6.07, 6.45) is 3.57. The molecule has 0 bridgehead atoms. The number of alkyl halides is 1. The van der Waals surface area contributed by atoms with Crippen LogP contribution in [0.5, 0.6) is 0 Å². The molecule has 82 valence electrons. The van der Waals surface area contributed by atoms with Gasteiger partial charge in [-0.05, 0) is 6.07 Å². The van der Waals surface area contributed by atoms with E-state index >= 15 is 0 Å². The zero-order valence-electron chi connectivity index (χ0n) is 8.61. The van der Waals surface area contributed by atoms with Crippen molar-refractivity contribution in [3.63, 3.8) is 0 Å². The Morgan fingerprint density at radius 2 is 1.94 bits per heavy atom. The van der Waals surface area contributed by atoms with Crippen molar-refractivity contribution < 1.29 is 4.79 Å². The number of benzene rings is 1. The fourth-order valence-corrected chi connectivity index (χ4v) is 1.81. The van der Waals surface area contributed by atoms with Gasteiger partial charge in [0.05, 0.1) is 5.56 Å². The molecule has 1 aliphatic rings. The van der Waals surface area contributed by atoms with Crippen LogP contribution in [0.15, 0.2) is 36.4 Å². The molecule has 0 aliphatic carbocycles. The summed E-state index contributed by atoms with van der Waals surface area (Å²) in [4.78, 5) is 13.4. The average Bonchev–Trinajstić information content (AvgIpc) is 2.55. The molecule has 1 aromatic rings. The Bertz CT molecular complexity index is 433. The minimum absolute atomic E-state index is 0.111. The molecular formula is C12H11ClN2O. The molecule has 0 fully saturated rings. The third kappa shape index (κ3) is 1.74. The van der Waals surface area contributed by atoms with Gasteiger partial charge in [0.25, 0.3) is 5.91 Å². The number of carbonyl (C=O) groups is 1. The SMILES string of the molecule is N=C1c2ccccc2C(=O)N1C/C=C/CCl. The van der Waals surface area contributed by atoms with E-state index in [4.69, 9.17) is 17.0 Å². The van der Waals surface area contributed by atoms with Crippen molar-refractivity contribution in [2.45, 2.75) is 0 Å². The number of allylic oxidation sites excluding steroid dienone is 1.